The molecule has 80 valence electrons. The largest absolute Gasteiger partial charge is 0.165 e. The fourth-order valence-corrected chi connectivity index (χ4v) is 3.38. The van der Waals surface area contributed by atoms with Gasteiger partial charge in [-0.3, -0.25) is 0 Å². The highest BCUT2D eigenvalue weighted by atomic mass is 35.5. The van der Waals surface area contributed by atoms with Crippen LogP contribution in [0, 0.1) is 0 Å². The Morgan fingerprint density at radius 2 is 1.19 bits per heavy atom. The van der Waals surface area contributed by atoms with Gasteiger partial charge in [0.05, 0.1) is 16.4 Å². The summed E-state index contributed by atoms with van der Waals surface area (Å²) in [7, 11) is -0.0638. The smallest absolute Gasteiger partial charge is 0.0882 e. The third-order valence-electron chi connectivity index (χ3n) is 2.18. The molecule has 2 rings (SSSR count). The quantitative estimate of drug-likeness (QED) is 0.704. The van der Waals surface area contributed by atoms with Gasteiger partial charge in [-0.1, -0.05) is 48.0 Å². The second kappa shape index (κ2) is 5.78. The lowest BCUT2D eigenvalue weighted by Gasteiger charge is -2.01. The van der Waals surface area contributed by atoms with Crippen LogP contribution < -0.4 is 0 Å². The summed E-state index contributed by atoms with van der Waals surface area (Å²) in [6, 6.07) is 20.8. The zero-order valence-electron chi connectivity index (χ0n) is 8.71. The fourth-order valence-electron chi connectivity index (χ4n) is 1.48. The van der Waals surface area contributed by atoms with Crippen LogP contribution in [0.1, 0.15) is 0 Å². The van der Waals surface area contributed by atoms with Crippen LogP contribution in [0.15, 0.2) is 81.4 Å². The van der Waals surface area contributed by atoms with Gasteiger partial charge in [0.15, 0.2) is 9.79 Å². The summed E-state index contributed by atoms with van der Waals surface area (Å²) in [5.74, 6) is 0. The highest BCUT2D eigenvalue weighted by Crippen LogP contribution is 2.24. The summed E-state index contributed by atoms with van der Waals surface area (Å²) < 4.78 is 0. The first-order valence-electron chi connectivity index (χ1n) is 5.02. The molecule has 0 bridgehead atoms. The zero-order chi connectivity index (χ0) is 11.2. The van der Waals surface area contributed by atoms with Crippen molar-refractivity contribution >= 4 is 22.5 Å². The van der Waals surface area contributed by atoms with E-state index < -0.39 is 0 Å². The Bertz CT molecular complexity index is 411. The first-order valence-corrected chi connectivity index (χ1v) is 6.74. The van der Waals surface area contributed by atoms with Crippen LogP contribution in [0.25, 0.3) is 0 Å². The molecule has 0 amide bonds. The second-order valence-corrected chi connectivity index (χ2v) is 5.37. The lowest BCUT2D eigenvalue weighted by molar-refractivity contribution is 1.39. The van der Waals surface area contributed by atoms with Gasteiger partial charge >= 0.3 is 0 Å². The minimum Gasteiger partial charge on any atom is -0.0882 e. The second-order valence-electron chi connectivity index (χ2n) is 3.23. The first kappa shape index (κ1) is 11.3. The van der Waals surface area contributed by atoms with Gasteiger partial charge in [0.1, 0.15) is 5.41 Å². The maximum absolute atomic E-state index is 5.72. The molecule has 0 aliphatic carbocycles. The van der Waals surface area contributed by atoms with Crippen molar-refractivity contribution in [3.05, 3.63) is 71.6 Å². The lowest BCUT2D eigenvalue weighted by atomic mass is 10.4. The number of benzene rings is 2. The Kier molecular flexibility index (Phi) is 4.09. The van der Waals surface area contributed by atoms with Crippen LogP contribution >= 0.6 is 11.6 Å². The first-order chi connectivity index (χ1) is 7.92. The molecule has 0 aliphatic heterocycles. The maximum Gasteiger partial charge on any atom is 0.165 e. The Morgan fingerprint density at radius 1 is 0.750 bits per heavy atom. The highest BCUT2D eigenvalue weighted by Gasteiger charge is 2.21. The average Bonchev–Trinajstić information content (AvgIpc) is 2.38. The maximum atomic E-state index is 5.72. The van der Waals surface area contributed by atoms with E-state index in [-0.39, 0.29) is 10.9 Å². The summed E-state index contributed by atoms with van der Waals surface area (Å²) in [5.41, 5.74) is 1.60. The molecule has 0 spiro atoms. The molecule has 16 heavy (non-hydrogen) atoms. The molecule has 2 aromatic rings. The van der Waals surface area contributed by atoms with Crippen molar-refractivity contribution in [2.45, 2.75) is 9.79 Å². The fraction of sp³-hybridized carbons (Fsp3) is 0. The van der Waals surface area contributed by atoms with E-state index in [1.807, 2.05) is 17.5 Å². The number of halogens is 1. The molecule has 0 unspecified atom stereocenters. The molecule has 0 nitrogen and oxygen atoms in total. The van der Waals surface area contributed by atoms with Gasteiger partial charge in [-0.2, -0.15) is 0 Å². The molecule has 0 aromatic heterocycles. The predicted octanol–water partition coefficient (Wildman–Crippen LogP) is 4.43. The Morgan fingerprint density at radius 3 is 1.56 bits per heavy atom. The SMILES string of the molecule is Cl/C=C/[S+](c1ccccc1)c1ccccc1. The Labute approximate surface area is 104 Å². The molecule has 0 saturated heterocycles. The van der Waals surface area contributed by atoms with Crippen molar-refractivity contribution in [1.29, 1.82) is 0 Å². The molecule has 0 heterocycles. The van der Waals surface area contributed by atoms with Crippen molar-refractivity contribution in [3.63, 3.8) is 0 Å². The molecule has 2 aromatic carbocycles. The minimum atomic E-state index is -0.0638. The van der Waals surface area contributed by atoms with E-state index in [4.69, 9.17) is 11.6 Å². The normalized spacial score (nSPS) is 11.1. The molecule has 0 N–H and O–H groups in total. The summed E-state index contributed by atoms with van der Waals surface area (Å²) in [5, 5.41) is 2.03. The van der Waals surface area contributed by atoms with E-state index in [0.29, 0.717) is 0 Å². The van der Waals surface area contributed by atoms with Gasteiger partial charge < -0.3 is 0 Å². The molecule has 0 atom stereocenters. The van der Waals surface area contributed by atoms with Gasteiger partial charge in [-0.15, -0.1) is 0 Å². The lowest BCUT2D eigenvalue weighted by Crippen LogP contribution is -1.98. The van der Waals surface area contributed by atoms with E-state index in [0.717, 1.165) is 0 Å². The summed E-state index contributed by atoms with van der Waals surface area (Å²) >= 11 is 5.72. The van der Waals surface area contributed by atoms with Crippen molar-refractivity contribution in [3.8, 4) is 0 Å². The van der Waals surface area contributed by atoms with Crippen LogP contribution in [0.4, 0.5) is 0 Å². The third-order valence-corrected chi connectivity index (χ3v) is 4.43. The number of hydrogen-bond acceptors (Lipinski definition) is 0. The standard InChI is InChI=1S/C14H12ClS/c15-11-12-16(13-7-3-1-4-8-13)14-9-5-2-6-10-14/h1-12H/q+1/b12-11+. The van der Waals surface area contributed by atoms with Gasteiger partial charge in [0.2, 0.25) is 0 Å². The van der Waals surface area contributed by atoms with Gasteiger partial charge in [-0.05, 0) is 24.3 Å². The van der Waals surface area contributed by atoms with Gasteiger partial charge in [-0.25, -0.2) is 0 Å². The third kappa shape index (κ3) is 2.69. The van der Waals surface area contributed by atoms with E-state index in [9.17, 15) is 0 Å². The van der Waals surface area contributed by atoms with E-state index in [1.54, 1.807) is 5.54 Å². The minimum absolute atomic E-state index is 0.0638. The van der Waals surface area contributed by atoms with Crippen molar-refractivity contribution in [2.75, 3.05) is 0 Å². The van der Waals surface area contributed by atoms with Gasteiger partial charge in [0, 0.05) is 0 Å². The van der Waals surface area contributed by atoms with Crippen LogP contribution in [0.2, 0.25) is 0 Å². The monoisotopic (exact) mass is 247 g/mol. The van der Waals surface area contributed by atoms with Crippen LogP contribution in [0.5, 0.6) is 0 Å². The molecule has 2 heteroatoms. The van der Waals surface area contributed by atoms with Crippen molar-refractivity contribution in [1.82, 2.24) is 0 Å². The number of rotatable bonds is 3. The van der Waals surface area contributed by atoms with E-state index in [1.165, 1.54) is 9.79 Å². The van der Waals surface area contributed by atoms with Crippen molar-refractivity contribution in [2.24, 2.45) is 0 Å². The van der Waals surface area contributed by atoms with Crippen LogP contribution in [-0.4, -0.2) is 0 Å². The molecular formula is C14H12ClS+. The summed E-state index contributed by atoms with van der Waals surface area (Å²) in [6.45, 7) is 0. The molecular weight excluding hydrogens is 236 g/mol. The Hall–Kier alpha value is -1.18. The summed E-state index contributed by atoms with van der Waals surface area (Å²) in [4.78, 5) is 2.57. The summed E-state index contributed by atoms with van der Waals surface area (Å²) in [6.07, 6.45) is 0. The molecule has 0 aliphatic rings. The van der Waals surface area contributed by atoms with Gasteiger partial charge in [0.25, 0.3) is 0 Å². The average molecular weight is 248 g/mol. The molecule has 0 saturated carbocycles. The highest BCUT2D eigenvalue weighted by molar-refractivity contribution is 7.99. The molecule has 0 radical (unpaired) electrons. The predicted molar refractivity (Wildman–Crippen MR) is 71.8 cm³/mol. The van der Waals surface area contributed by atoms with Crippen LogP contribution in [-0.2, 0) is 10.9 Å². The number of hydrogen-bond donors (Lipinski definition) is 0. The topological polar surface area (TPSA) is 0 Å². The zero-order valence-corrected chi connectivity index (χ0v) is 10.3. The van der Waals surface area contributed by atoms with E-state index >= 15 is 0 Å². The Balaban J connectivity index is 2.39. The van der Waals surface area contributed by atoms with Crippen LogP contribution in [0.3, 0.4) is 0 Å². The van der Waals surface area contributed by atoms with Crippen molar-refractivity contribution < 1.29 is 0 Å². The molecule has 0 fully saturated rings. The van der Waals surface area contributed by atoms with E-state index in [2.05, 4.69) is 48.5 Å².